The molecule has 1 aromatic carbocycles. The summed E-state index contributed by atoms with van der Waals surface area (Å²) in [5, 5.41) is 14.2. The lowest BCUT2D eigenvalue weighted by Crippen LogP contribution is -2.31. The molecule has 1 rings (SSSR count). The summed E-state index contributed by atoms with van der Waals surface area (Å²) in [5.41, 5.74) is 2.11. The number of rotatable bonds is 6. The van der Waals surface area contributed by atoms with E-state index in [-0.39, 0.29) is 10.6 Å². The molecule has 0 heterocycles. The van der Waals surface area contributed by atoms with Gasteiger partial charge in [-0.15, -0.1) is 0 Å². The maximum atomic E-state index is 10.8. The molecule has 0 radical (unpaired) electrons. The molecule has 2 atom stereocenters. The highest BCUT2D eigenvalue weighted by Crippen LogP contribution is 2.27. The van der Waals surface area contributed by atoms with Crippen LogP contribution in [0.3, 0.4) is 0 Å². The minimum Gasteiger partial charge on any atom is -0.314 e. The van der Waals surface area contributed by atoms with E-state index in [0.717, 1.165) is 18.5 Å². The molecular weight excluding hydrogens is 228 g/mol. The Bertz CT molecular complexity index is 418. The number of nitrogens with one attached hydrogen (secondary N) is 1. The summed E-state index contributed by atoms with van der Waals surface area (Å²) in [6.45, 7) is 9.13. The zero-order chi connectivity index (χ0) is 13.7. The molecule has 4 nitrogen and oxygen atoms in total. The maximum absolute atomic E-state index is 10.8. The number of nitrogens with zero attached hydrogens (tertiary/aromatic N) is 1. The van der Waals surface area contributed by atoms with Gasteiger partial charge in [0.2, 0.25) is 0 Å². The van der Waals surface area contributed by atoms with Crippen molar-refractivity contribution < 1.29 is 4.92 Å². The third kappa shape index (κ3) is 3.29. The second kappa shape index (κ2) is 6.50. The van der Waals surface area contributed by atoms with E-state index in [1.165, 1.54) is 5.56 Å². The molecule has 18 heavy (non-hydrogen) atoms. The lowest BCUT2D eigenvalue weighted by molar-refractivity contribution is -0.385. The highest BCUT2D eigenvalue weighted by molar-refractivity contribution is 5.43. The normalized spacial score (nSPS) is 14.2. The fourth-order valence-corrected chi connectivity index (χ4v) is 2.46. The molecule has 2 unspecified atom stereocenters. The van der Waals surface area contributed by atoms with Gasteiger partial charge >= 0.3 is 0 Å². The molecular formula is C14H22N2O2. The van der Waals surface area contributed by atoms with Crippen molar-refractivity contribution in [3.05, 3.63) is 39.4 Å². The highest BCUT2D eigenvalue weighted by atomic mass is 16.6. The van der Waals surface area contributed by atoms with Gasteiger partial charge in [0.25, 0.3) is 5.69 Å². The van der Waals surface area contributed by atoms with Gasteiger partial charge in [0.05, 0.1) is 4.92 Å². The van der Waals surface area contributed by atoms with Crippen LogP contribution in [0, 0.1) is 17.0 Å². The molecule has 0 bridgehead atoms. The summed E-state index contributed by atoms with van der Waals surface area (Å²) >= 11 is 0. The van der Waals surface area contributed by atoms with Gasteiger partial charge in [-0.2, -0.15) is 0 Å². The predicted octanol–water partition coefficient (Wildman–Crippen LogP) is 3.39. The quantitative estimate of drug-likeness (QED) is 0.622. The topological polar surface area (TPSA) is 55.2 Å². The van der Waals surface area contributed by atoms with E-state index in [1.54, 1.807) is 13.0 Å². The summed E-state index contributed by atoms with van der Waals surface area (Å²) < 4.78 is 0. The first kappa shape index (κ1) is 14.6. The Kier molecular flexibility index (Phi) is 5.28. The Morgan fingerprint density at radius 3 is 2.50 bits per heavy atom. The first-order chi connectivity index (χ1) is 8.51. The average Bonchev–Trinajstić information content (AvgIpc) is 2.29. The van der Waals surface area contributed by atoms with Gasteiger partial charge in [-0.25, -0.2) is 0 Å². The SMILES string of the molecule is CCNC(C)C(CC)c1ccc([N+](=O)[O-])c(C)c1. The molecule has 0 saturated carbocycles. The first-order valence-corrected chi connectivity index (χ1v) is 6.49. The summed E-state index contributed by atoms with van der Waals surface area (Å²) in [6.07, 6.45) is 1.02. The van der Waals surface area contributed by atoms with Crippen LogP contribution in [0.4, 0.5) is 5.69 Å². The lowest BCUT2D eigenvalue weighted by Gasteiger charge is -2.24. The average molecular weight is 250 g/mol. The molecule has 0 aliphatic carbocycles. The smallest absolute Gasteiger partial charge is 0.272 e. The minimum atomic E-state index is -0.326. The number of nitro benzene ring substituents is 1. The first-order valence-electron chi connectivity index (χ1n) is 6.49. The standard InChI is InChI=1S/C14H22N2O2/c1-5-13(11(4)15-6-2)12-7-8-14(16(17)18)10(3)9-12/h7-9,11,13,15H,5-6H2,1-4H3. The number of likely N-dealkylation sites (N-methyl/N-ethyl adjacent to an activating group) is 1. The van der Waals surface area contributed by atoms with Gasteiger partial charge in [0.15, 0.2) is 0 Å². The van der Waals surface area contributed by atoms with Crippen molar-refractivity contribution >= 4 is 5.69 Å². The molecule has 0 saturated heterocycles. The van der Waals surface area contributed by atoms with Crippen LogP contribution in [0.1, 0.15) is 44.2 Å². The summed E-state index contributed by atoms with van der Waals surface area (Å²) in [7, 11) is 0. The number of benzene rings is 1. The van der Waals surface area contributed by atoms with Crippen LogP contribution in [0.25, 0.3) is 0 Å². The summed E-state index contributed by atoms with van der Waals surface area (Å²) in [5.74, 6) is 0.393. The van der Waals surface area contributed by atoms with Crippen LogP contribution in [0.15, 0.2) is 18.2 Å². The molecule has 100 valence electrons. The monoisotopic (exact) mass is 250 g/mol. The van der Waals surface area contributed by atoms with Crippen molar-refractivity contribution in [2.75, 3.05) is 6.54 Å². The molecule has 4 heteroatoms. The van der Waals surface area contributed by atoms with E-state index >= 15 is 0 Å². The van der Waals surface area contributed by atoms with Crippen LogP contribution in [-0.4, -0.2) is 17.5 Å². The van der Waals surface area contributed by atoms with Crippen LogP contribution < -0.4 is 5.32 Å². The van der Waals surface area contributed by atoms with Crippen LogP contribution in [0.2, 0.25) is 0 Å². The van der Waals surface area contributed by atoms with Crippen molar-refractivity contribution in [2.45, 2.75) is 46.1 Å². The van der Waals surface area contributed by atoms with Gasteiger partial charge in [-0.1, -0.05) is 19.9 Å². The third-order valence-electron chi connectivity index (χ3n) is 3.42. The maximum Gasteiger partial charge on any atom is 0.272 e. The van der Waals surface area contributed by atoms with E-state index < -0.39 is 0 Å². The summed E-state index contributed by atoms with van der Waals surface area (Å²) in [4.78, 5) is 10.5. The Morgan fingerprint density at radius 2 is 2.06 bits per heavy atom. The zero-order valence-corrected chi connectivity index (χ0v) is 11.6. The fraction of sp³-hybridized carbons (Fsp3) is 0.571. The van der Waals surface area contributed by atoms with E-state index in [1.807, 2.05) is 12.1 Å². The lowest BCUT2D eigenvalue weighted by atomic mass is 9.89. The van der Waals surface area contributed by atoms with Crippen molar-refractivity contribution in [3.8, 4) is 0 Å². The molecule has 1 N–H and O–H groups in total. The van der Waals surface area contributed by atoms with Crippen molar-refractivity contribution in [1.82, 2.24) is 5.32 Å². The van der Waals surface area contributed by atoms with E-state index in [2.05, 4.69) is 26.1 Å². The van der Waals surface area contributed by atoms with Gasteiger partial charge in [-0.05, 0) is 44.4 Å². The molecule has 0 spiro atoms. The molecule has 0 amide bonds. The van der Waals surface area contributed by atoms with E-state index in [4.69, 9.17) is 0 Å². The van der Waals surface area contributed by atoms with Gasteiger partial charge in [0, 0.05) is 17.7 Å². The number of aryl methyl sites for hydroxylation is 1. The second-order valence-corrected chi connectivity index (χ2v) is 4.66. The number of hydrogen-bond acceptors (Lipinski definition) is 3. The molecule has 0 aromatic heterocycles. The highest BCUT2D eigenvalue weighted by Gasteiger charge is 2.19. The van der Waals surface area contributed by atoms with Crippen LogP contribution in [0.5, 0.6) is 0 Å². The Balaban J connectivity index is 3.01. The van der Waals surface area contributed by atoms with Crippen molar-refractivity contribution in [2.24, 2.45) is 0 Å². The molecule has 0 fully saturated rings. The molecule has 0 aliphatic heterocycles. The van der Waals surface area contributed by atoms with Crippen molar-refractivity contribution in [3.63, 3.8) is 0 Å². The van der Waals surface area contributed by atoms with Crippen LogP contribution >= 0.6 is 0 Å². The van der Waals surface area contributed by atoms with Gasteiger partial charge in [-0.3, -0.25) is 10.1 Å². The Labute approximate surface area is 109 Å². The van der Waals surface area contributed by atoms with Crippen LogP contribution in [-0.2, 0) is 0 Å². The van der Waals surface area contributed by atoms with E-state index in [0.29, 0.717) is 12.0 Å². The predicted molar refractivity (Wildman–Crippen MR) is 74.0 cm³/mol. The van der Waals surface area contributed by atoms with Gasteiger partial charge < -0.3 is 5.32 Å². The van der Waals surface area contributed by atoms with Gasteiger partial charge in [0.1, 0.15) is 0 Å². The van der Waals surface area contributed by atoms with E-state index in [9.17, 15) is 10.1 Å². The summed E-state index contributed by atoms with van der Waals surface area (Å²) in [6, 6.07) is 5.82. The zero-order valence-electron chi connectivity index (χ0n) is 11.6. The molecule has 0 aliphatic rings. The largest absolute Gasteiger partial charge is 0.314 e. The third-order valence-corrected chi connectivity index (χ3v) is 3.42. The Morgan fingerprint density at radius 1 is 1.39 bits per heavy atom. The fourth-order valence-electron chi connectivity index (χ4n) is 2.46. The molecule has 1 aromatic rings. The number of hydrogen-bond donors (Lipinski definition) is 1. The second-order valence-electron chi connectivity index (χ2n) is 4.66. The number of nitro groups is 1. The minimum absolute atomic E-state index is 0.199. The Hall–Kier alpha value is -1.42. The van der Waals surface area contributed by atoms with Crippen molar-refractivity contribution in [1.29, 1.82) is 0 Å².